The van der Waals surface area contributed by atoms with E-state index < -0.39 is 0 Å². The Morgan fingerprint density at radius 2 is 2.33 bits per heavy atom. The summed E-state index contributed by atoms with van der Waals surface area (Å²) in [5.74, 6) is 0.0834. The third-order valence-corrected chi connectivity index (χ3v) is 3.02. The number of halogens is 1. The maximum Gasteiger partial charge on any atom is 0.248 e. The van der Waals surface area contributed by atoms with Gasteiger partial charge in [0.15, 0.2) is 0 Å². The van der Waals surface area contributed by atoms with E-state index in [1.807, 2.05) is 23.1 Å². The summed E-state index contributed by atoms with van der Waals surface area (Å²) in [6.45, 7) is 2.27. The Hall–Kier alpha value is -0.620. The van der Waals surface area contributed by atoms with Crippen molar-refractivity contribution < 1.29 is 9.53 Å². The largest absolute Gasteiger partial charge is 0.370 e. The Kier molecular flexibility index (Phi) is 3.58. The van der Waals surface area contributed by atoms with Crippen LogP contribution < -0.4 is 0 Å². The SMILES string of the molecule is O=C1COCCN1Cc1cccc(I)c1. The molecule has 1 amide bonds. The molecule has 1 aromatic carbocycles. The molecule has 0 unspecified atom stereocenters. The average molecular weight is 317 g/mol. The molecule has 1 aliphatic rings. The molecule has 0 radical (unpaired) electrons. The molecule has 0 aromatic heterocycles. The Morgan fingerprint density at radius 1 is 1.47 bits per heavy atom. The predicted octanol–water partition coefficient (Wildman–Crippen LogP) is 1.65. The molecule has 0 N–H and O–H groups in total. The highest BCUT2D eigenvalue weighted by Gasteiger charge is 2.18. The van der Waals surface area contributed by atoms with E-state index >= 15 is 0 Å². The Labute approximate surface area is 103 Å². The fourth-order valence-electron chi connectivity index (χ4n) is 1.57. The first kappa shape index (κ1) is 10.9. The lowest BCUT2D eigenvalue weighted by Crippen LogP contribution is -2.40. The molecule has 0 aliphatic carbocycles. The van der Waals surface area contributed by atoms with Gasteiger partial charge in [0.2, 0.25) is 5.91 Å². The lowest BCUT2D eigenvalue weighted by Gasteiger charge is -2.26. The number of ether oxygens (including phenoxy) is 1. The highest BCUT2D eigenvalue weighted by atomic mass is 127. The van der Waals surface area contributed by atoms with Crippen LogP contribution in [0, 0.1) is 3.57 Å². The number of amides is 1. The van der Waals surface area contributed by atoms with Crippen LogP contribution in [0.15, 0.2) is 24.3 Å². The smallest absolute Gasteiger partial charge is 0.248 e. The van der Waals surface area contributed by atoms with Crippen molar-refractivity contribution in [3.8, 4) is 0 Å². The van der Waals surface area contributed by atoms with Gasteiger partial charge in [-0.15, -0.1) is 0 Å². The van der Waals surface area contributed by atoms with Crippen molar-refractivity contribution >= 4 is 28.5 Å². The van der Waals surface area contributed by atoms with Gasteiger partial charge in [-0.3, -0.25) is 4.79 Å². The molecule has 2 rings (SSSR count). The fourth-order valence-corrected chi connectivity index (χ4v) is 2.18. The van der Waals surface area contributed by atoms with Crippen molar-refractivity contribution in [2.75, 3.05) is 19.8 Å². The first-order valence-electron chi connectivity index (χ1n) is 4.85. The summed E-state index contributed by atoms with van der Waals surface area (Å²) >= 11 is 2.28. The number of rotatable bonds is 2. The number of nitrogens with zero attached hydrogens (tertiary/aromatic N) is 1. The Bertz CT molecular complexity index is 367. The highest BCUT2D eigenvalue weighted by molar-refractivity contribution is 14.1. The zero-order chi connectivity index (χ0) is 10.7. The van der Waals surface area contributed by atoms with Gasteiger partial charge in [-0.05, 0) is 40.3 Å². The van der Waals surface area contributed by atoms with Crippen LogP contribution in [-0.2, 0) is 16.1 Å². The monoisotopic (exact) mass is 317 g/mol. The molecule has 1 heterocycles. The molecule has 0 spiro atoms. The van der Waals surface area contributed by atoms with Crippen LogP contribution in [0.1, 0.15) is 5.56 Å². The van der Waals surface area contributed by atoms with E-state index in [0.717, 1.165) is 0 Å². The van der Waals surface area contributed by atoms with Gasteiger partial charge in [0.25, 0.3) is 0 Å². The van der Waals surface area contributed by atoms with E-state index in [1.165, 1.54) is 9.13 Å². The maximum absolute atomic E-state index is 11.5. The quantitative estimate of drug-likeness (QED) is 0.777. The van der Waals surface area contributed by atoms with E-state index in [-0.39, 0.29) is 12.5 Å². The fraction of sp³-hybridized carbons (Fsp3) is 0.364. The molecule has 1 aromatic rings. The van der Waals surface area contributed by atoms with Crippen molar-refractivity contribution in [1.82, 2.24) is 4.90 Å². The van der Waals surface area contributed by atoms with Crippen LogP contribution >= 0.6 is 22.6 Å². The number of benzene rings is 1. The van der Waals surface area contributed by atoms with Crippen molar-refractivity contribution in [3.63, 3.8) is 0 Å². The van der Waals surface area contributed by atoms with Gasteiger partial charge in [-0.25, -0.2) is 0 Å². The average Bonchev–Trinajstić information content (AvgIpc) is 2.22. The van der Waals surface area contributed by atoms with Crippen molar-refractivity contribution in [2.24, 2.45) is 0 Å². The van der Waals surface area contributed by atoms with Gasteiger partial charge in [0.05, 0.1) is 6.61 Å². The lowest BCUT2D eigenvalue weighted by molar-refractivity contribution is -0.143. The summed E-state index contributed by atoms with van der Waals surface area (Å²) in [5.41, 5.74) is 1.18. The summed E-state index contributed by atoms with van der Waals surface area (Å²) in [4.78, 5) is 13.3. The zero-order valence-electron chi connectivity index (χ0n) is 8.28. The third kappa shape index (κ3) is 2.92. The third-order valence-electron chi connectivity index (χ3n) is 2.35. The summed E-state index contributed by atoms with van der Waals surface area (Å²) < 4.78 is 6.28. The highest BCUT2D eigenvalue weighted by Crippen LogP contribution is 2.11. The number of hydrogen-bond acceptors (Lipinski definition) is 2. The van der Waals surface area contributed by atoms with E-state index in [9.17, 15) is 4.79 Å². The van der Waals surface area contributed by atoms with Crippen molar-refractivity contribution in [3.05, 3.63) is 33.4 Å². The molecular weight excluding hydrogens is 305 g/mol. The summed E-state index contributed by atoms with van der Waals surface area (Å²) in [6.07, 6.45) is 0. The van der Waals surface area contributed by atoms with E-state index in [1.54, 1.807) is 0 Å². The van der Waals surface area contributed by atoms with Crippen LogP contribution in [0.25, 0.3) is 0 Å². The lowest BCUT2D eigenvalue weighted by atomic mass is 10.2. The summed E-state index contributed by atoms with van der Waals surface area (Å²) in [7, 11) is 0. The van der Waals surface area contributed by atoms with Crippen LogP contribution in [0.5, 0.6) is 0 Å². The first-order valence-corrected chi connectivity index (χ1v) is 5.93. The molecule has 0 atom stereocenters. The second-order valence-electron chi connectivity index (χ2n) is 3.50. The topological polar surface area (TPSA) is 29.5 Å². The van der Waals surface area contributed by atoms with Gasteiger partial charge >= 0.3 is 0 Å². The van der Waals surface area contributed by atoms with Gasteiger partial charge in [0, 0.05) is 16.7 Å². The van der Waals surface area contributed by atoms with Crippen LogP contribution in [0.4, 0.5) is 0 Å². The minimum atomic E-state index is 0.0834. The number of morpholine rings is 1. The molecule has 80 valence electrons. The van der Waals surface area contributed by atoms with Gasteiger partial charge in [-0.1, -0.05) is 12.1 Å². The van der Waals surface area contributed by atoms with Gasteiger partial charge in [0.1, 0.15) is 6.61 Å². The number of carbonyl (C=O) groups excluding carboxylic acids is 1. The van der Waals surface area contributed by atoms with Crippen molar-refractivity contribution in [1.29, 1.82) is 0 Å². The minimum Gasteiger partial charge on any atom is -0.370 e. The second-order valence-corrected chi connectivity index (χ2v) is 4.74. The molecule has 1 aliphatic heterocycles. The molecule has 3 nitrogen and oxygen atoms in total. The molecule has 4 heteroatoms. The molecule has 1 fully saturated rings. The predicted molar refractivity (Wildman–Crippen MR) is 65.4 cm³/mol. The van der Waals surface area contributed by atoms with Crippen LogP contribution in [-0.4, -0.2) is 30.6 Å². The van der Waals surface area contributed by atoms with Gasteiger partial charge < -0.3 is 9.64 Å². The molecular formula is C11H12INO2. The zero-order valence-corrected chi connectivity index (χ0v) is 10.4. The van der Waals surface area contributed by atoms with E-state index in [4.69, 9.17) is 4.74 Å². The molecule has 0 saturated carbocycles. The second kappa shape index (κ2) is 4.94. The number of hydrogen-bond donors (Lipinski definition) is 0. The summed E-state index contributed by atoms with van der Waals surface area (Å²) in [5, 5.41) is 0. The Balaban J connectivity index is 2.04. The standard InChI is InChI=1S/C11H12INO2/c12-10-3-1-2-9(6-10)7-13-4-5-15-8-11(13)14/h1-3,6H,4-5,7-8H2. The van der Waals surface area contributed by atoms with E-state index in [0.29, 0.717) is 19.7 Å². The van der Waals surface area contributed by atoms with Crippen LogP contribution in [0.2, 0.25) is 0 Å². The first-order chi connectivity index (χ1) is 7.25. The summed E-state index contributed by atoms with van der Waals surface area (Å²) in [6, 6.07) is 8.21. The van der Waals surface area contributed by atoms with Gasteiger partial charge in [-0.2, -0.15) is 0 Å². The normalized spacial score (nSPS) is 16.9. The molecule has 15 heavy (non-hydrogen) atoms. The molecule has 1 saturated heterocycles. The Morgan fingerprint density at radius 3 is 3.07 bits per heavy atom. The van der Waals surface area contributed by atoms with Crippen LogP contribution in [0.3, 0.4) is 0 Å². The molecule has 0 bridgehead atoms. The minimum absolute atomic E-state index is 0.0834. The van der Waals surface area contributed by atoms with Crippen molar-refractivity contribution in [2.45, 2.75) is 6.54 Å². The maximum atomic E-state index is 11.5. The number of carbonyl (C=O) groups is 1. The van der Waals surface area contributed by atoms with E-state index in [2.05, 4.69) is 28.7 Å².